The van der Waals surface area contributed by atoms with Gasteiger partial charge in [0.25, 0.3) is 11.7 Å². The van der Waals surface area contributed by atoms with Crippen LogP contribution in [0.3, 0.4) is 0 Å². The maximum atomic E-state index is 12.7. The quantitative estimate of drug-likeness (QED) is 0.691. The van der Waals surface area contributed by atoms with Crippen LogP contribution in [0.25, 0.3) is 10.9 Å². The van der Waals surface area contributed by atoms with E-state index in [-0.39, 0.29) is 0 Å². The number of aryl methyl sites for hydroxylation is 1. The summed E-state index contributed by atoms with van der Waals surface area (Å²) in [6.07, 6.45) is 3.02. The molecular weight excluding hydrogens is 308 g/mol. The predicted molar refractivity (Wildman–Crippen MR) is 90.9 cm³/mol. The van der Waals surface area contributed by atoms with E-state index in [9.17, 15) is 9.59 Å². The predicted octanol–water partition coefficient (Wildman–Crippen LogP) is 2.69. The summed E-state index contributed by atoms with van der Waals surface area (Å²) >= 11 is 0. The second-order valence-corrected chi connectivity index (χ2v) is 6.06. The minimum atomic E-state index is -0.494. The number of aromatic amines is 1. The van der Waals surface area contributed by atoms with Gasteiger partial charge in [-0.1, -0.05) is 0 Å². The van der Waals surface area contributed by atoms with Crippen LogP contribution < -0.4 is 9.47 Å². The number of H-pyrrole nitrogens is 1. The summed E-state index contributed by atoms with van der Waals surface area (Å²) in [5, 5.41) is 0.799. The van der Waals surface area contributed by atoms with Crippen LogP contribution in [-0.2, 0) is 4.79 Å². The first-order valence-corrected chi connectivity index (χ1v) is 8.14. The van der Waals surface area contributed by atoms with Crippen LogP contribution in [0.15, 0.2) is 12.1 Å². The summed E-state index contributed by atoms with van der Waals surface area (Å²) in [6.45, 7) is 3.13. The lowest BCUT2D eigenvalue weighted by atomic mass is 10.1. The van der Waals surface area contributed by atoms with Gasteiger partial charge in [-0.2, -0.15) is 0 Å². The molecule has 1 saturated heterocycles. The Labute approximate surface area is 140 Å². The third-order valence-electron chi connectivity index (χ3n) is 4.61. The number of likely N-dealkylation sites (tertiary alicyclic amines) is 1. The molecule has 1 N–H and O–H groups in total. The first-order valence-electron chi connectivity index (χ1n) is 8.14. The van der Waals surface area contributed by atoms with E-state index in [1.807, 2.05) is 6.92 Å². The van der Waals surface area contributed by atoms with E-state index >= 15 is 0 Å². The van der Waals surface area contributed by atoms with Crippen molar-refractivity contribution in [3.63, 3.8) is 0 Å². The fourth-order valence-corrected chi connectivity index (χ4v) is 3.28. The number of carbonyl (C=O) groups is 2. The Morgan fingerprint density at radius 1 is 1.08 bits per heavy atom. The van der Waals surface area contributed by atoms with Gasteiger partial charge in [-0.05, 0) is 31.7 Å². The number of hydrogen-bond acceptors (Lipinski definition) is 4. The lowest BCUT2D eigenvalue weighted by Gasteiger charge is -2.25. The van der Waals surface area contributed by atoms with Gasteiger partial charge in [-0.25, -0.2) is 0 Å². The van der Waals surface area contributed by atoms with Crippen LogP contribution in [0.1, 0.15) is 35.3 Å². The van der Waals surface area contributed by atoms with Crippen molar-refractivity contribution in [2.75, 3.05) is 27.3 Å². The molecule has 0 radical (unpaired) electrons. The van der Waals surface area contributed by atoms with Crippen LogP contribution in [0.2, 0.25) is 0 Å². The van der Waals surface area contributed by atoms with Gasteiger partial charge in [0.15, 0.2) is 0 Å². The van der Waals surface area contributed by atoms with Crippen molar-refractivity contribution in [3.05, 3.63) is 23.4 Å². The summed E-state index contributed by atoms with van der Waals surface area (Å²) in [6, 6.07) is 3.57. The average Bonchev–Trinajstić information content (AvgIpc) is 2.97. The highest BCUT2D eigenvalue weighted by molar-refractivity contribution is 6.43. The van der Waals surface area contributed by atoms with Crippen molar-refractivity contribution in [2.24, 2.45) is 0 Å². The highest BCUT2D eigenvalue weighted by Crippen LogP contribution is 2.35. The van der Waals surface area contributed by atoms with E-state index in [1.165, 1.54) is 0 Å². The highest BCUT2D eigenvalue weighted by Gasteiger charge is 2.28. The number of Topliss-reactive ketones (excluding diaryl/α,β-unsaturated/α-hetero) is 1. The van der Waals surface area contributed by atoms with Gasteiger partial charge in [0, 0.05) is 30.6 Å². The summed E-state index contributed by atoms with van der Waals surface area (Å²) in [5.41, 5.74) is 1.77. The third-order valence-corrected chi connectivity index (χ3v) is 4.61. The molecule has 1 fully saturated rings. The third kappa shape index (κ3) is 2.72. The van der Waals surface area contributed by atoms with Crippen molar-refractivity contribution < 1.29 is 19.1 Å². The smallest absolute Gasteiger partial charge is 0.296 e. The Hall–Kier alpha value is -2.50. The van der Waals surface area contributed by atoms with Gasteiger partial charge in [0.05, 0.1) is 25.4 Å². The molecule has 6 heteroatoms. The number of aromatic nitrogens is 1. The number of ketones is 1. The Morgan fingerprint density at radius 2 is 1.79 bits per heavy atom. The summed E-state index contributed by atoms with van der Waals surface area (Å²) < 4.78 is 10.7. The molecular formula is C18H22N2O4. The van der Waals surface area contributed by atoms with Crippen molar-refractivity contribution in [1.82, 2.24) is 9.88 Å². The van der Waals surface area contributed by atoms with Gasteiger partial charge in [-0.3, -0.25) is 9.59 Å². The normalized spacial score (nSPS) is 14.7. The fraction of sp³-hybridized carbons (Fsp3) is 0.444. The van der Waals surface area contributed by atoms with Crippen molar-refractivity contribution in [2.45, 2.75) is 26.2 Å². The largest absolute Gasteiger partial charge is 0.497 e. The zero-order valence-corrected chi connectivity index (χ0v) is 14.3. The minimum Gasteiger partial charge on any atom is -0.497 e. The number of nitrogens with zero attached hydrogens (tertiary/aromatic N) is 1. The number of benzene rings is 1. The molecule has 1 aliphatic rings. The van der Waals surface area contributed by atoms with E-state index in [2.05, 4.69) is 4.98 Å². The number of fused-ring (bicyclic) bond motifs is 1. The summed E-state index contributed by atoms with van der Waals surface area (Å²) in [5.74, 6) is 0.312. The number of carbonyl (C=O) groups excluding carboxylic acids is 2. The van der Waals surface area contributed by atoms with Crippen molar-refractivity contribution >= 4 is 22.6 Å². The van der Waals surface area contributed by atoms with Crippen molar-refractivity contribution in [3.8, 4) is 11.5 Å². The fourth-order valence-electron chi connectivity index (χ4n) is 3.28. The first kappa shape index (κ1) is 16.4. The number of methoxy groups -OCH3 is 2. The standard InChI is InChI=1S/C18H22N2O4/c1-11-15-13(9-12(23-2)10-14(15)24-3)19-16(11)17(21)18(22)20-7-5-4-6-8-20/h9-10,19H,4-8H2,1-3H3. The summed E-state index contributed by atoms with van der Waals surface area (Å²) in [4.78, 5) is 29.9. The monoisotopic (exact) mass is 330 g/mol. The molecule has 1 aromatic carbocycles. The molecule has 1 amide bonds. The molecule has 24 heavy (non-hydrogen) atoms. The molecule has 0 saturated carbocycles. The van der Waals surface area contributed by atoms with E-state index in [4.69, 9.17) is 9.47 Å². The number of ether oxygens (including phenoxy) is 2. The Morgan fingerprint density at radius 3 is 2.42 bits per heavy atom. The zero-order chi connectivity index (χ0) is 17.3. The molecule has 0 spiro atoms. The Kier molecular flexibility index (Phi) is 4.46. The molecule has 0 bridgehead atoms. The molecule has 128 valence electrons. The molecule has 6 nitrogen and oxygen atoms in total. The molecule has 0 aliphatic carbocycles. The van der Waals surface area contributed by atoms with E-state index in [1.54, 1.807) is 31.3 Å². The molecule has 1 aromatic heterocycles. The van der Waals surface area contributed by atoms with Gasteiger partial charge in [0.1, 0.15) is 11.5 Å². The SMILES string of the molecule is COc1cc(OC)c2c(C)c(C(=O)C(=O)N3CCCCC3)[nH]c2c1. The lowest BCUT2D eigenvalue weighted by Crippen LogP contribution is -2.40. The lowest BCUT2D eigenvalue weighted by molar-refractivity contribution is -0.127. The maximum absolute atomic E-state index is 12.7. The summed E-state index contributed by atoms with van der Waals surface area (Å²) in [7, 11) is 3.14. The van der Waals surface area contributed by atoms with E-state index in [0.29, 0.717) is 30.3 Å². The molecule has 3 rings (SSSR count). The van der Waals surface area contributed by atoms with Gasteiger partial charge in [0.2, 0.25) is 0 Å². The Balaban J connectivity index is 2.01. The van der Waals surface area contributed by atoms with Crippen LogP contribution in [0.5, 0.6) is 11.5 Å². The molecule has 1 aliphatic heterocycles. The molecule has 0 unspecified atom stereocenters. The zero-order valence-electron chi connectivity index (χ0n) is 14.3. The molecule has 0 atom stereocenters. The number of nitrogens with one attached hydrogen (secondary N) is 1. The van der Waals surface area contributed by atoms with Crippen LogP contribution in [0, 0.1) is 6.92 Å². The Bertz CT molecular complexity index is 788. The second kappa shape index (κ2) is 6.55. The van der Waals surface area contributed by atoms with Gasteiger partial charge in [-0.15, -0.1) is 0 Å². The number of hydrogen-bond donors (Lipinski definition) is 1. The van der Waals surface area contributed by atoms with Crippen LogP contribution in [0.4, 0.5) is 0 Å². The van der Waals surface area contributed by atoms with Crippen molar-refractivity contribution in [1.29, 1.82) is 0 Å². The highest BCUT2D eigenvalue weighted by atomic mass is 16.5. The number of amides is 1. The number of rotatable bonds is 4. The molecule has 2 aromatic rings. The van der Waals surface area contributed by atoms with E-state index < -0.39 is 11.7 Å². The van der Waals surface area contributed by atoms with Crippen LogP contribution >= 0.6 is 0 Å². The first-order chi connectivity index (χ1) is 11.6. The van der Waals surface area contributed by atoms with Gasteiger partial charge >= 0.3 is 0 Å². The minimum absolute atomic E-state index is 0.326. The van der Waals surface area contributed by atoms with E-state index in [0.717, 1.165) is 35.7 Å². The second-order valence-electron chi connectivity index (χ2n) is 6.06. The maximum Gasteiger partial charge on any atom is 0.296 e. The van der Waals surface area contributed by atoms with Crippen LogP contribution in [-0.4, -0.2) is 48.9 Å². The topological polar surface area (TPSA) is 71.6 Å². The number of piperidine rings is 1. The molecule has 2 heterocycles. The average molecular weight is 330 g/mol. The van der Waals surface area contributed by atoms with Gasteiger partial charge < -0.3 is 19.4 Å².